The maximum absolute atomic E-state index is 12.2. The van der Waals surface area contributed by atoms with E-state index in [0.717, 1.165) is 10.8 Å². The Balaban J connectivity index is 2.14. The van der Waals surface area contributed by atoms with E-state index in [-0.39, 0.29) is 12.2 Å². The van der Waals surface area contributed by atoms with Crippen LogP contribution >= 0.6 is 11.0 Å². The second-order valence-corrected chi connectivity index (χ2v) is 7.63. The van der Waals surface area contributed by atoms with Crippen molar-refractivity contribution < 1.29 is 18.6 Å². The van der Waals surface area contributed by atoms with E-state index in [4.69, 9.17) is 4.74 Å². The highest BCUT2D eigenvalue weighted by atomic mass is 32.3. The molecular formula is C15H18N4O6S. The molecule has 10 nitrogen and oxygen atoms in total. The Kier molecular flexibility index (Phi) is 4.30. The molecule has 0 amide bonds. The monoisotopic (exact) mass is 382 g/mol. The number of benzene rings is 1. The third-order valence-electron chi connectivity index (χ3n) is 4.09. The number of H-pyrrole nitrogens is 1. The molecule has 0 atom stereocenters. The second-order valence-electron chi connectivity index (χ2n) is 5.55. The summed E-state index contributed by atoms with van der Waals surface area (Å²) in [6.45, 7) is 1.69. The average Bonchev–Trinajstić information content (AvgIpc) is 2.75. The number of nitrogens with zero attached hydrogens (tertiary/aromatic N) is 3. The zero-order valence-corrected chi connectivity index (χ0v) is 15.1. The summed E-state index contributed by atoms with van der Waals surface area (Å²) in [4.78, 5) is 38.0. The van der Waals surface area contributed by atoms with Gasteiger partial charge in [-0.25, -0.2) is 9.59 Å². The van der Waals surface area contributed by atoms with Crippen LogP contribution in [0.25, 0.3) is 5.69 Å². The SMILES string of the molecule is CCOC(=O)c1cn(-c2ccc3c(c2)N(C)S(O)(O)N3C)c(=O)[nH]c1=O. The van der Waals surface area contributed by atoms with Crippen LogP contribution in [0.1, 0.15) is 17.3 Å². The van der Waals surface area contributed by atoms with Gasteiger partial charge in [-0.15, -0.1) is 0 Å². The van der Waals surface area contributed by atoms with Crippen LogP contribution in [0.3, 0.4) is 0 Å². The third-order valence-corrected chi connectivity index (χ3v) is 5.95. The number of fused-ring (bicyclic) bond motifs is 1. The Morgan fingerprint density at radius 1 is 1.19 bits per heavy atom. The van der Waals surface area contributed by atoms with Gasteiger partial charge in [0.1, 0.15) is 5.56 Å². The van der Waals surface area contributed by atoms with Gasteiger partial charge in [0.25, 0.3) is 5.56 Å². The predicted molar refractivity (Wildman–Crippen MR) is 98.3 cm³/mol. The van der Waals surface area contributed by atoms with Crippen molar-refractivity contribution in [3.8, 4) is 5.69 Å². The Hall–Kier alpha value is -2.76. The van der Waals surface area contributed by atoms with Crippen molar-refractivity contribution in [1.29, 1.82) is 0 Å². The molecule has 3 rings (SSSR count). The van der Waals surface area contributed by atoms with Gasteiger partial charge < -0.3 is 4.74 Å². The molecule has 11 heteroatoms. The lowest BCUT2D eigenvalue weighted by Crippen LogP contribution is -2.33. The zero-order valence-electron chi connectivity index (χ0n) is 14.3. The van der Waals surface area contributed by atoms with E-state index in [2.05, 4.69) is 4.98 Å². The van der Waals surface area contributed by atoms with Gasteiger partial charge in [-0.05, 0) is 36.1 Å². The summed E-state index contributed by atoms with van der Waals surface area (Å²) in [5.74, 6) is -0.838. The molecule has 0 aliphatic carbocycles. The number of esters is 1. The van der Waals surface area contributed by atoms with Crippen molar-refractivity contribution in [2.75, 3.05) is 29.3 Å². The van der Waals surface area contributed by atoms with Gasteiger partial charge in [-0.2, -0.15) is 0 Å². The maximum atomic E-state index is 12.2. The number of rotatable bonds is 3. The highest BCUT2D eigenvalue weighted by Gasteiger charge is 2.36. The van der Waals surface area contributed by atoms with E-state index >= 15 is 0 Å². The number of carbonyl (C=O) groups excluding carboxylic acids is 1. The summed E-state index contributed by atoms with van der Waals surface area (Å²) >= 11 is 0. The molecule has 2 heterocycles. The topological polar surface area (TPSA) is 128 Å². The van der Waals surface area contributed by atoms with Crippen LogP contribution in [0.5, 0.6) is 0 Å². The van der Waals surface area contributed by atoms with Crippen molar-refractivity contribution in [3.63, 3.8) is 0 Å². The van der Waals surface area contributed by atoms with Crippen molar-refractivity contribution in [1.82, 2.24) is 9.55 Å². The maximum Gasteiger partial charge on any atom is 0.345 e. The van der Waals surface area contributed by atoms with Gasteiger partial charge >= 0.3 is 11.7 Å². The number of anilines is 2. The van der Waals surface area contributed by atoms with Gasteiger partial charge in [0.2, 0.25) is 0 Å². The van der Waals surface area contributed by atoms with Crippen LogP contribution < -0.4 is 19.9 Å². The summed E-state index contributed by atoms with van der Waals surface area (Å²) < 4.78 is 28.9. The van der Waals surface area contributed by atoms with Crippen molar-refractivity contribution in [2.24, 2.45) is 0 Å². The van der Waals surface area contributed by atoms with Crippen molar-refractivity contribution in [3.05, 3.63) is 50.8 Å². The fourth-order valence-electron chi connectivity index (χ4n) is 2.64. The standard InChI is InChI=1S/C15H18N4O6S/c1-4-25-14(21)10-8-19(15(22)16-13(10)20)9-5-6-11-12(7-9)18(3)26(23,24)17(11)2/h5-8,23-24H,4H2,1-3H3,(H,16,20,22). The predicted octanol–water partition coefficient (Wildman–Crippen LogP) is 1.17. The first-order valence-electron chi connectivity index (χ1n) is 7.62. The minimum absolute atomic E-state index is 0.0885. The van der Waals surface area contributed by atoms with Gasteiger partial charge in [0.15, 0.2) is 0 Å². The lowest BCUT2D eigenvalue weighted by atomic mass is 10.2. The number of hydrogen-bond donors (Lipinski definition) is 3. The molecule has 0 saturated heterocycles. The van der Waals surface area contributed by atoms with Gasteiger partial charge in [-0.1, -0.05) is 0 Å². The molecule has 1 aliphatic heterocycles. The summed E-state index contributed by atoms with van der Waals surface area (Å²) in [6.07, 6.45) is 1.11. The number of hydrogen-bond acceptors (Lipinski definition) is 8. The summed E-state index contributed by atoms with van der Waals surface area (Å²) in [5.41, 5.74) is -0.477. The molecule has 3 N–H and O–H groups in total. The van der Waals surface area contributed by atoms with E-state index in [9.17, 15) is 23.5 Å². The number of carbonyl (C=O) groups is 1. The molecule has 0 bridgehead atoms. The normalized spacial score (nSPS) is 16.3. The highest BCUT2D eigenvalue weighted by Crippen LogP contribution is 2.59. The Labute approximate surface area is 149 Å². The van der Waals surface area contributed by atoms with Crippen LogP contribution in [0.15, 0.2) is 34.0 Å². The van der Waals surface area contributed by atoms with Crippen LogP contribution in [0.4, 0.5) is 11.4 Å². The highest BCUT2D eigenvalue weighted by molar-refractivity contribution is 8.26. The van der Waals surface area contributed by atoms with E-state index in [1.54, 1.807) is 32.2 Å². The fourth-order valence-corrected chi connectivity index (χ4v) is 3.84. The van der Waals surface area contributed by atoms with Crippen LogP contribution in [-0.4, -0.2) is 45.3 Å². The molecular weight excluding hydrogens is 364 g/mol. The Morgan fingerprint density at radius 3 is 2.50 bits per heavy atom. The molecule has 0 radical (unpaired) electrons. The van der Waals surface area contributed by atoms with Crippen LogP contribution in [-0.2, 0) is 4.74 Å². The molecule has 0 spiro atoms. The molecule has 140 valence electrons. The second kappa shape index (κ2) is 6.20. The molecule has 1 aromatic carbocycles. The van der Waals surface area contributed by atoms with Crippen molar-refractivity contribution >= 4 is 28.3 Å². The van der Waals surface area contributed by atoms with E-state index in [0.29, 0.717) is 17.1 Å². The molecule has 26 heavy (non-hydrogen) atoms. The zero-order chi connectivity index (χ0) is 19.2. The summed E-state index contributed by atoms with van der Waals surface area (Å²) in [7, 11) is -0.101. The molecule has 2 aromatic rings. The molecule has 1 aromatic heterocycles. The van der Waals surface area contributed by atoms with Gasteiger partial charge in [-0.3, -0.25) is 32.1 Å². The lowest BCUT2D eigenvalue weighted by molar-refractivity contribution is 0.0523. The first kappa shape index (κ1) is 18.0. The lowest BCUT2D eigenvalue weighted by Gasteiger charge is -2.40. The molecule has 0 saturated carbocycles. The number of nitrogens with one attached hydrogen (secondary N) is 1. The molecule has 0 fully saturated rings. The molecule has 1 aliphatic rings. The summed E-state index contributed by atoms with van der Waals surface area (Å²) in [5, 5.41) is 0. The number of aromatic amines is 1. The Bertz CT molecular complexity index is 998. The number of aromatic nitrogens is 2. The smallest absolute Gasteiger partial charge is 0.345 e. The fraction of sp³-hybridized carbons (Fsp3) is 0.267. The minimum atomic E-state index is -3.16. The summed E-state index contributed by atoms with van der Waals surface area (Å²) in [6, 6.07) is 4.74. The van der Waals surface area contributed by atoms with E-state index < -0.39 is 28.2 Å². The largest absolute Gasteiger partial charge is 0.462 e. The number of ether oxygens (including phenoxy) is 1. The first-order valence-corrected chi connectivity index (χ1v) is 9.08. The van der Waals surface area contributed by atoms with Gasteiger partial charge in [0, 0.05) is 20.3 Å². The Morgan fingerprint density at radius 2 is 1.85 bits per heavy atom. The minimum Gasteiger partial charge on any atom is -0.462 e. The van der Waals surface area contributed by atoms with Crippen LogP contribution in [0.2, 0.25) is 0 Å². The average molecular weight is 382 g/mol. The van der Waals surface area contributed by atoms with E-state index in [1.165, 1.54) is 15.7 Å². The van der Waals surface area contributed by atoms with E-state index in [1.807, 2.05) is 0 Å². The quantitative estimate of drug-likeness (QED) is 0.675. The van der Waals surface area contributed by atoms with Gasteiger partial charge in [0.05, 0.1) is 23.7 Å². The first-order chi connectivity index (χ1) is 12.2. The molecule has 0 unspecified atom stereocenters. The van der Waals surface area contributed by atoms with Crippen molar-refractivity contribution in [2.45, 2.75) is 6.92 Å². The van der Waals surface area contributed by atoms with Crippen LogP contribution in [0, 0.1) is 0 Å². The third kappa shape index (κ3) is 2.66.